The fraction of sp³-hybridized carbons (Fsp3) is 0.368. The number of hydrogen-bond donors (Lipinski definition) is 1. The monoisotopic (exact) mass is 366 g/mol. The number of carbonyl (C=O) groups is 1. The molecule has 1 unspecified atom stereocenters. The van der Waals surface area contributed by atoms with Gasteiger partial charge in [0.1, 0.15) is 23.6 Å². The molecule has 140 valence electrons. The number of amides is 1. The van der Waals surface area contributed by atoms with Gasteiger partial charge in [0.15, 0.2) is 0 Å². The Morgan fingerprint density at radius 3 is 2.89 bits per heavy atom. The summed E-state index contributed by atoms with van der Waals surface area (Å²) in [5.74, 6) is 1.75. The van der Waals surface area contributed by atoms with Gasteiger partial charge < -0.3 is 10.1 Å². The van der Waals surface area contributed by atoms with Crippen LogP contribution >= 0.6 is 0 Å². The van der Waals surface area contributed by atoms with Crippen molar-refractivity contribution < 1.29 is 9.53 Å². The van der Waals surface area contributed by atoms with Crippen molar-refractivity contribution in [2.45, 2.75) is 32.4 Å². The number of ether oxygens (including phenoxy) is 1. The summed E-state index contributed by atoms with van der Waals surface area (Å²) in [7, 11) is 1.61. The van der Waals surface area contributed by atoms with E-state index < -0.39 is 0 Å². The number of benzene rings is 1. The Morgan fingerprint density at radius 2 is 2.15 bits per heavy atom. The van der Waals surface area contributed by atoms with E-state index in [1.165, 1.54) is 0 Å². The van der Waals surface area contributed by atoms with E-state index in [1.807, 2.05) is 35.9 Å². The Bertz CT molecular complexity index is 943. The first kappa shape index (κ1) is 17.3. The molecule has 0 saturated heterocycles. The molecule has 1 fully saturated rings. The molecule has 1 atom stereocenters. The summed E-state index contributed by atoms with van der Waals surface area (Å²) in [5.41, 5.74) is 1.28. The number of aryl methyl sites for hydroxylation is 1. The predicted octanol–water partition coefficient (Wildman–Crippen LogP) is 2.37. The van der Waals surface area contributed by atoms with E-state index in [4.69, 9.17) is 4.74 Å². The molecule has 0 aliphatic heterocycles. The molecular weight excluding hydrogens is 344 g/mol. The van der Waals surface area contributed by atoms with E-state index in [0.29, 0.717) is 17.2 Å². The number of carbonyl (C=O) groups excluding carboxylic acids is 1. The van der Waals surface area contributed by atoms with Crippen LogP contribution in [0.25, 0.3) is 5.69 Å². The van der Waals surface area contributed by atoms with Crippen LogP contribution in [-0.2, 0) is 6.54 Å². The number of methoxy groups -OCH3 is 1. The molecule has 1 saturated carbocycles. The molecule has 1 aliphatic rings. The minimum absolute atomic E-state index is 0.130. The largest absolute Gasteiger partial charge is 0.494 e. The minimum Gasteiger partial charge on any atom is -0.494 e. The maximum atomic E-state index is 12.8. The number of nitrogens with zero attached hydrogens (tertiary/aromatic N) is 5. The van der Waals surface area contributed by atoms with Crippen LogP contribution < -0.4 is 10.1 Å². The summed E-state index contributed by atoms with van der Waals surface area (Å²) in [4.78, 5) is 17.2. The molecule has 3 aromatic rings. The fourth-order valence-electron chi connectivity index (χ4n) is 3.20. The number of aromatic nitrogens is 5. The van der Waals surface area contributed by atoms with E-state index in [1.54, 1.807) is 30.5 Å². The van der Waals surface area contributed by atoms with E-state index in [9.17, 15) is 4.79 Å². The van der Waals surface area contributed by atoms with Crippen LogP contribution in [0, 0.1) is 5.92 Å². The number of rotatable bonds is 7. The second-order valence-electron chi connectivity index (χ2n) is 6.57. The van der Waals surface area contributed by atoms with Crippen molar-refractivity contribution in [1.82, 2.24) is 29.9 Å². The molecule has 0 radical (unpaired) electrons. The van der Waals surface area contributed by atoms with Crippen molar-refractivity contribution in [3.05, 3.63) is 54.4 Å². The predicted molar refractivity (Wildman–Crippen MR) is 98.7 cm³/mol. The van der Waals surface area contributed by atoms with Gasteiger partial charge in [0.25, 0.3) is 5.91 Å². The highest BCUT2D eigenvalue weighted by molar-refractivity contribution is 5.94. The first-order chi connectivity index (χ1) is 13.2. The number of nitrogens with one attached hydrogen (secondary N) is 1. The van der Waals surface area contributed by atoms with Crippen LogP contribution in [0.5, 0.6) is 5.75 Å². The number of hydrogen-bond acceptors (Lipinski definition) is 5. The van der Waals surface area contributed by atoms with Crippen molar-refractivity contribution in [3.8, 4) is 11.4 Å². The van der Waals surface area contributed by atoms with Crippen molar-refractivity contribution in [2.75, 3.05) is 7.11 Å². The molecule has 8 nitrogen and oxygen atoms in total. The first-order valence-corrected chi connectivity index (χ1v) is 9.08. The Balaban J connectivity index is 1.55. The number of para-hydroxylation sites is 2. The fourth-order valence-corrected chi connectivity index (χ4v) is 3.20. The van der Waals surface area contributed by atoms with Crippen LogP contribution in [0.3, 0.4) is 0 Å². The van der Waals surface area contributed by atoms with Gasteiger partial charge in [-0.05, 0) is 37.8 Å². The molecule has 4 rings (SSSR count). The molecule has 1 aromatic carbocycles. The van der Waals surface area contributed by atoms with Crippen LogP contribution in [0.2, 0.25) is 0 Å². The molecule has 0 bridgehead atoms. The van der Waals surface area contributed by atoms with Crippen LogP contribution in [0.15, 0.2) is 43.0 Å². The van der Waals surface area contributed by atoms with Gasteiger partial charge in [0.05, 0.1) is 24.9 Å². The molecule has 1 aliphatic carbocycles. The highest BCUT2D eigenvalue weighted by Crippen LogP contribution is 2.40. The zero-order chi connectivity index (χ0) is 18.8. The van der Waals surface area contributed by atoms with Crippen LogP contribution in [0.1, 0.15) is 42.0 Å². The zero-order valence-electron chi connectivity index (χ0n) is 15.4. The third-order valence-corrected chi connectivity index (χ3v) is 4.78. The maximum Gasteiger partial charge on any atom is 0.255 e. The van der Waals surface area contributed by atoms with Crippen molar-refractivity contribution >= 4 is 5.91 Å². The van der Waals surface area contributed by atoms with Gasteiger partial charge in [0, 0.05) is 12.7 Å². The van der Waals surface area contributed by atoms with Gasteiger partial charge in [0.2, 0.25) is 0 Å². The highest BCUT2D eigenvalue weighted by Gasteiger charge is 2.36. The molecule has 1 N–H and O–H groups in total. The Labute approximate surface area is 157 Å². The highest BCUT2D eigenvalue weighted by atomic mass is 16.5. The molecule has 27 heavy (non-hydrogen) atoms. The Morgan fingerprint density at radius 1 is 1.33 bits per heavy atom. The lowest BCUT2D eigenvalue weighted by atomic mass is 10.1. The molecule has 2 heterocycles. The summed E-state index contributed by atoms with van der Waals surface area (Å²) in [6.07, 6.45) is 6.99. The Hall–Kier alpha value is -3.16. The van der Waals surface area contributed by atoms with E-state index in [2.05, 4.69) is 20.5 Å². The standard InChI is InChI=1S/C19H22N6O2/c1-3-24-18(20-12-22-24)17(13-8-9-13)23-19(26)14-10-21-25(11-14)15-6-4-5-7-16(15)27-2/h4-7,10-13,17H,3,8-9H2,1-2H3,(H,23,26). The van der Waals surface area contributed by atoms with Gasteiger partial charge in [-0.1, -0.05) is 12.1 Å². The minimum atomic E-state index is -0.168. The SMILES string of the molecule is CCn1ncnc1C(NC(=O)c1cnn(-c2ccccc2OC)c1)C1CC1. The van der Waals surface area contributed by atoms with E-state index >= 15 is 0 Å². The van der Waals surface area contributed by atoms with Crippen molar-refractivity contribution in [1.29, 1.82) is 0 Å². The summed E-state index contributed by atoms with van der Waals surface area (Å²) in [6, 6.07) is 7.42. The van der Waals surface area contributed by atoms with Crippen LogP contribution in [-0.4, -0.2) is 37.6 Å². The average Bonchev–Trinajstić information content (AvgIpc) is 3.23. The van der Waals surface area contributed by atoms with Crippen molar-refractivity contribution in [2.24, 2.45) is 5.92 Å². The molecular formula is C19H22N6O2. The smallest absolute Gasteiger partial charge is 0.255 e. The second kappa shape index (κ2) is 7.22. The lowest BCUT2D eigenvalue weighted by Crippen LogP contribution is -2.32. The second-order valence-corrected chi connectivity index (χ2v) is 6.57. The molecule has 2 aromatic heterocycles. The topological polar surface area (TPSA) is 86.9 Å². The van der Waals surface area contributed by atoms with E-state index in [0.717, 1.165) is 30.9 Å². The Kier molecular flexibility index (Phi) is 4.62. The molecule has 8 heteroatoms. The lowest BCUT2D eigenvalue weighted by molar-refractivity contribution is 0.0928. The summed E-state index contributed by atoms with van der Waals surface area (Å²) >= 11 is 0. The first-order valence-electron chi connectivity index (χ1n) is 9.08. The third kappa shape index (κ3) is 3.42. The van der Waals surface area contributed by atoms with Gasteiger partial charge in [-0.2, -0.15) is 10.2 Å². The third-order valence-electron chi connectivity index (χ3n) is 4.78. The normalized spacial score (nSPS) is 14.7. The van der Waals surface area contributed by atoms with Crippen LogP contribution in [0.4, 0.5) is 0 Å². The van der Waals surface area contributed by atoms with Crippen molar-refractivity contribution in [3.63, 3.8) is 0 Å². The van der Waals surface area contributed by atoms with Gasteiger partial charge in [-0.3, -0.25) is 4.79 Å². The van der Waals surface area contributed by atoms with E-state index in [-0.39, 0.29) is 11.9 Å². The lowest BCUT2D eigenvalue weighted by Gasteiger charge is -2.17. The summed E-state index contributed by atoms with van der Waals surface area (Å²) in [6.45, 7) is 2.74. The van der Waals surface area contributed by atoms with Gasteiger partial charge >= 0.3 is 0 Å². The maximum absolute atomic E-state index is 12.8. The van der Waals surface area contributed by atoms with Gasteiger partial charge in [-0.15, -0.1) is 0 Å². The summed E-state index contributed by atoms with van der Waals surface area (Å²) < 4.78 is 8.85. The van der Waals surface area contributed by atoms with Gasteiger partial charge in [-0.25, -0.2) is 14.3 Å². The zero-order valence-corrected chi connectivity index (χ0v) is 15.4. The quantitative estimate of drug-likeness (QED) is 0.694. The molecule has 1 amide bonds. The average molecular weight is 366 g/mol. The summed E-state index contributed by atoms with van der Waals surface area (Å²) in [5, 5.41) is 11.7. The molecule has 0 spiro atoms.